The largest absolute Gasteiger partial charge is 0.497 e. The van der Waals surface area contributed by atoms with Gasteiger partial charge in [0.1, 0.15) is 5.75 Å². The number of hydrogen-bond acceptors (Lipinski definition) is 4. The summed E-state index contributed by atoms with van der Waals surface area (Å²) in [6.07, 6.45) is 0.668. The van der Waals surface area contributed by atoms with Gasteiger partial charge in [0, 0.05) is 18.1 Å². The van der Waals surface area contributed by atoms with E-state index in [2.05, 4.69) is 6.58 Å². The van der Waals surface area contributed by atoms with Gasteiger partial charge in [0.15, 0.2) is 5.75 Å². The number of ether oxygens (including phenoxy) is 2. The molecule has 0 amide bonds. The molecular weight excluding hydrogens is 284 g/mol. The van der Waals surface area contributed by atoms with Gasteiger partial charge in [0.25, 0.3) is 0 Å². The highest BCUT2D eigenvalue weighted by Crippen LogP contribution is 2.29. The lowest BCUT2D eigenvalue weighted by Gasteiger charge is -2.08. The average Bonchev–Trinajstić information content (AvgIpc) is 2.41. The van der Waals surface area contributed by atoms with E-state index in [1.54, 1.807) is 12.1 Å². The molecule has 0 fully saturated rings. The SMILES string of the molecule is C=C(CCCC(=O)Oc1cc(OC)ccc1Cl)C(=O)O. The lowest BCUT2D eigenvalue weighted by Crippen LogP contribution is -2.09. The quantitative estimate of drug-likeness (QED) is 0.476. The molecule has 0 aliphatic rings. The van der Waals surface area contributed by atoms with Crippen molar-refractivity contribution in [1.82, 2.24) is 0 Å². The molecule has 0 aliphatic heterocycles. The van der Waals surface area contributed by atoms with Gasteiger partial charge in [0.05, 0.1) is 12.1 Å². The summed E-state index contributed by atoms with van der Waals surface area (Å²) >= 11 is 5.90. The van der Waals surface area contributed by atoms with Crippen molar-refractivity contribution in [3.8, 4) is 11.5 Å². The van der Waals surface area contributed by atoms with Gasteiger partial charge in [-0.15, -0.1) is 0 Å². The molecule has 1 rings (SSSR count). The van der Waals surface area contributed by atoms with Crippen LogP contribution in [-0.4, -0.2) is 24.2 Å². The van der Waals surface area contributed by atoms with Gasteiger partial charge in [-0.25, -0.2) is 4.79 Å². The van der Waals surface area contributed by atoms with E-state index in [0.717, 1.165) is 0 Å². The Labute approximate surface area is 121 Å². The summed E-state index contributed by atoms with van der Waals surface area (Å²) in [4.78, 5) is 22.2. The zero-order chi connectivity index (χ0) is 15.1. The molecule has 0 aliphatic carbocycles. The van der Waals surface area contributed by atoms with Crippen molar-refractivity contribution in [3.05, 3.63) is 35.4 Å². The highest BCUT2D eigenvalue weighted by Gasteiger charge is 2.11. The van der Waals surface area contributed by atoms with E-state index in [-0.39, 0.29) is 24.2 Å². The van der Waals surface area contributed by atoms with E-state index in [9.17, 15) is 9.59 Å². The van der Waals surface area contributed by atoms with E-state index in [1.165, 1.54) is 13.2 Å². The first kappa shape index (κ1) is 16.0. The third kappa shape index (κ3) is 4.93. The van der Waals surface area contributed by atoms with E-state index < -0.39 is 11.9 Å². The standard InChI is InChI=1S/C14H15ClO5/c1-9(14(17)18)4-3-5-13(16)20-12-8-10(19-2)6-7-11(12)15/h6-8H,1,3-5H2,2H3,(H,17,18). The van der Waals surface area contributed by atoms with Crippen molar-refractivity contribution < 1.29 is 24.2 Å². The van der Waals surface area contributed by atoms with Crippen LogP contribution in [0.1, 0.15) is 19.3 Å². The number of carboxylic acids is 1. The van der Waals surface area contributed by atoms with Crippen molar-refractivity contribution in [2.75, 3.05) is 7.11 Å². The van der Waals surface area contributed by atoms with E-state index in [4.69, 9.17) is 26.2 Å². The second-order valence-electron chi connectivity index (χ2n) is 4.03. The zero-order valence-electron chi connectivity index (χ0n) is 11.0. The zero-order valence-corrected chi connectivity index (χ0v) is 11.8. The van der Waals surface area contributed by atoms with Gasteiger partial charge in [-0.05, 0) is 25.0 Å². The Morgan fingerprint density at radius 1 is 1.35 bits per heavy atom. The van der Waals surface area contributed by atoms with Crippen LogP contribution >= 0.6 is 11.6 Å². The van der Waals surface area contributed by atoms with Crippen LogP contribution in [-0.2, 0) is 9.59 Å². The van der Waals surface area contributed by atoms with Crippen molar-refractivity contribution >= 4 is 23.5 Å². The molecule has 0 radical (unpaired) electrons. The molecule has 20 heavy (non-hydrogen) atoms. The summed E-state index contributed by atoms with van der Waals surface area (Å²) in [6, 6.07) is 4.72. The minimum Gasteiger partial charge on any atom is -0.497 e. The second-order valence-corrected chi connectivity index (χ2v) is 4.44. The summed E-state index contributed by atoms with van der Waals surface area (Å²) in [6.45, 7) is 3.38. The summed E-state index contributed by atoms with van der Waals surface area (Å²) in [5.41, 5.74) is 0.0669. The molecule has 0 unspecified atom stereocenters. The summed E-state index contributed by atoms with van der Waals surface area (Å²) in [5.74, 6) is -0.808. The Bertz CT molecular complexity index is 524. The lowest BCUT2D eigenvalue weighted by molar-refractivity contribution is -0.135. The van der Waals surface area contributed by atoms with Gasteiger partial charge >= 0.3 is 11.9 Å². The predicted octanol–water partition coefficient (Wildman–Crippen LogP) is 3.07. The maximum atomic E-state index is 11.6. The first-order chi connectivity index (χ1) is 9.43. The number of carbonyl (C=O) groups excluding carboxylic acids is 1. The molecule has 0 spiro atoms. The first-order valence-corrected chi connectivity index (χ1v) is 6.27. The first-order valence-electron chi connectivity index (χ1n) is 5.89. The Kier molecular flexibility index (Phi) is 6.06. The molecule has 0 saturated carbocycles. The summed E-state index contributed by atoms with van der Waals surface area (Å²) < 4.78 is 10.1. The Morgan fingerprint density at radius 2 is 2.05 bits per heavy atom. The number of carboxylic acid groups (broad SMARTS) is 1. The fraction of sp³-hybridized carbons (Fsp3) is 0.286. The van der Waals surface area contributed by atoms with Gasteiger partial charge in [0.2, 0.25) is 0 Å². The summed E-state index contributed by atoms with van der Waals surface area (Å²) in [5, 5.41) is 8.93. The minimum absolute atomic E-state index is 0.0669. The van der Waals surface area contributed by atoms with Crippen molar-refractivity contribution in [2.24, 2.45) is 0 Å². The molecule has 0 bridgehead atoms. The van der Waals surface area contributed by atoms with E-state index in [1.807, 2.05) is 0 Å². The smallest absolute Gasteiger partial charge is 0.330 e. The van der Waals surface area contributed by atoms with Crippen LogP contribution in [0.15, 0.2) is 30.4 Å². The molecule has 6 heteroatoms. The number of benzene rings is 1. The number of methoxy groups -OCH3 is 1. The number of aliphatic carboxylic acids is 1. The topological polar surface area (TPSA) is 72.8 Å². The van der Waals surface area contributed by atoms with Crippen LogP contribution in [0.25, 0.3) is 0 Å². The maximum Gasteiger partial charge on any atom is 0.330 e. The van der Waals surface area contributed by atoms with Crippen molar-refractivity contribution in [3.63, 3.8) is 0 Å². The number of esters is 1. The van der Waals surface area contributed by atoms with Crippen LogP contribution in [0.2, 0.25) is 5.02 Å². The Morgan fingerprint density at radius 3 is 2.65 bits per heavy atom. The van der Waals surface area contributed by atoms with Crippen LogP contribution in [0.4, 0.5) is 0 Å². The van der Waals surface area contributed by atoms with Gasteiger partial charge in [-0.2, -0.15) is 0 Å². The van der Waals surface area contributed by atoms with Crippen LogP contribution in [0.5, 0.6) is 11.5 Å². The predicted molar refractivity (Wildman–Crippen MR) is 74.3 cm³/mol. The molecular formula is C14H15ClO5. The Hall–Kier alpha value is -2.01. The molecule has 0 saturated heterocycles. The lowest BCUT2D eigenvalue weighted by atomic mass is 10.1. The molecule has 1 aromatic rings. The van der Waals surface area contributed by atoms with E-state index in [0.29, 0.717) is 17.2 Å². The fourth-order valence-electron chi connectivity index (χ4n) is 1.42. The monoisotopic (exact) mass is 298 g/mol. The van der Waals surface area contributed by atoms with Gasteiger partial charge in [-0.1, -0.05) is 18.2 Å². The second kappa shape index (κ2) is 7.55. The normalized spacial score (nSPS) is 9.90. The molecule has 108 valence electrons. The summed E-state index contributed by atoms with van der Waals surface area (Å²) in [7, 11) is 1.49. The molecule has 0 aromatic heterocycles. The van der Waals surface area contributed by atoms with Crippen LogP contribution < -0.4 is 9.47 Å². The van der Waals surface area contributed by atoms with Crippen LogP contribution in [0.3, 0.4) is 0 Å². The third-order valence-corrected chi connectivity index (χ3v) is 2.84. The number of carbonyl (C=O) groups is 2. The molecule has 1 N–H and O–H groups in total. The van der Waals surface area contributed by atoms with E-state index >= 15 is 0 Å². The highest BCUT2D eigenvalue weighted by molar-refractivity contribution is 6.32. The number of hydrogen-bond donors (Lipinski definition) is 1. The third-order valence-electron chi connectivity index (χ3n) is 2.52. The number of halogens is 1. The molecule has 0 atom stereocenters. The fourth-order valence-corrected chi connectivity index (χ4v) is 1.57. The average molecular weight is 299 g/mol. The van der Waals surface area contributed by atoms with Crippen LogP contribution in [0, 0.1) is 0 Å². The minimum atomic E-state index is -1.06. The molecule has 0 heterocycles. The van der Waals surface area contributed by atoms with Crippen molar-refractivity contribution in [2.45, 2.75) is 19.3 Å². The van der Waals surface area contributed by atoms with Gasteiger partial charge in [-0.3, -0.25) is 4.79 Å². The molecule has 5 nitrogen and oxygen atoms in total. The maximum absolute atomic E-state index is 11.6. The highest BCUT2D eigenvalue weighted by atomic mass is 35.5. The van der Waals surface area contributed by atoms with Crippen molar-refractivity contribution in [1.29, 1.82) is 0 Å². The number of rotatable bonds is 7. The Balaban J connectivity index is 2.50. The molecule has 1 aromatic carbocycles. The van der Waals surface area contributed by atoms with Gasteiger partial charge < -0.3 is 14.6 Å².